The van der Waals surface area contributed by atoms with Crippen LogP contribution in [0.2, 0.25) is 0 Å². The summed E-state index contributed by atoms with van der Waals surface area (Å²) in [5.74, 6) is 0.156. The third-order valence-corrected chi connectivity index (χ3v) is 3.14. The van der Waals surface area contributed by atoms with E-state index < -0.39 is 0 Å². The van der Waals surface area contributed by atoms with Crippen molar-refractivity contribution in [1.82, 2.24) is 20.4 Å². The summed E-state index contributed by atoms with van der Waals surface area (Å²) in [4.78, 5) is 27.2. The van der Waals surface area contributed by atoms with E-state index in [2.05, 4.69) is 15.5 Å². The molecule has 0 aromatic carbocycles. The van der Waals surface area contributed by atoms with Crippen LogP contribution in [0, 0.1) is 0 Å². The lowest BCUT2D eigenvalue weighted by Crippen LogP contribution is -2.53. The van der Waals surface area contributed by atoms with Gasteiger partial charge in [0.25, 0.3) is 0 Å². The maximum Gasteiger partial charge on any atom is 0.236 e. The van der Waals surface area contributed by atoms with Gasteiger partial charge in [0, 0.05) is 38.8 Å². The molecule has 0 spiro atoms. The second kappa shape index (κ2) is 6.86. The first-order valence-electron chi connectivity index (χ1n) is 6.77. The van der Waals surface area contributed by atoms with Gasteiger partial charge in [0.1, 0.15) is 0 Å². The average molecular weight is 270 g/mol. The Morgan fingerprint density at radius 2 is 1.68 bits per heavy atom. The van der Waals surface area contributed by atoms with E-state index in [0.29, 0.717) is 26.2 Å². The number of carbonyl (C=O) groups is 2. The zero-order valence-electron chi connectivity index (χ0n) is 12.5. The Bertz CT molecular complexity index is 317. The first kappa shape index (κ1) is 15.9. The van der Waals surface area contributed by atoms with Crippen LogP contribution in [0.4, 0.5) is 0 Å². The molecular weight excluding hydrogens is 244 g/mol. The highest BCUT2D eigenvalue weighted by Crippen LogP contribution is 2.03. The fourth-order valence-electron chi connectivity index (χ4n) is 1.89. The number of amides is 2. The van der Waals surface area contributed by atoms with Crippen LogP contribution in [0.3, 0.4) is 0 Å². The van der Waals surface area contributed by atoms with Gasteiger partial charge < -0.3 is 15.5 Å². The van der Waals surface area contributed by atoms with Gasteiger partial charge in [-0.05, 0) is 20.8 Å². The quantitative estimate of drug-likeness (QED) is 0.706. The number of hydrogen-bond acceptors (Lipinski definition) is 4. The molecule has 1 saturated heterocycles. The second-order valence-corrected chi connectivity index (χ2v) is 5.93. The van der Waals surface area contributed by atoms with Gasteiger partial charge in [-0.25, -0.2) is 0 Å². The van der Waals surface area contributed by atoms with E-state index in [4.69, 9.17) is 0 Å². The lowest BCUT2D eigenvalue weighted by Gasteiger charge is -2.35. The van der Waals surface area contributed by atoms with Crippen molar-refractivity contribution in [2.75, 3.05) is 46.3 Å². The fourth-order valence-corrected chi connectivity index (χ4v) is 1.89. The summed E-state index contributed by atoms with van der Waals surface area (Å²) in [6.07, 6.45) is 0. The zero-order chi connectivity index (χ0) is 14.5. The van der Waals surface area contributed by atoms with Crippen LogP contribution in [0.1, 0.15) is 20.8 Å². The van der Waals surface area contributed by atoms with Gasteiger partial charge in [0.2, 0.25) is 11.8 Å². The molecule has 6 nitrogen and oxygen atoms in total. The number of nitrogens with zero attached hydrogens (tertiary/aromatic N) is 2. The standard InChI is InChI=1S/C13H26N4O2/c1-13(2,3)15-9-12(19)17-7-5-16(6-8-17)10-11(18)14-4/h15H,5-10H2,1-4H3,(H,14,18). The second-order valence-electron chi connectivity index (χ2n) is 5.93. The van der Waals surface area contributed by atoms with Gasteiger partial charge in [-0.2, -0.15) is 0 Å². The molecule has 0 aromatic heterocycles. The Hall–Kier alpha value is -1.14. The van der Waals surface area contributed by atoms with Crippen molar-refractivity contribution in [2.24, 2.45) is 0 Å². The first-order valence-corrected chi connectivity index (χ1v) is 6.77. The van der Waals surface area contributed by atoms with Crippen molar-refractivity contribution >= 4 is 11.8 Å². The van der Waals surface area contributed by atoms with Crippen LogP contribution in [0.5, 0.6) is 0 Å². The minimum atomic E-state index is -0.0449. The molecule has 1 fully saturated rings. The molecule has 110 valence electrons. The molecule has 0 bridgehead atoms. The average Bonchev–Trinajstić information content (AvgIpc) is 2.36. The highest BCUT2D eigenvalue weighted by molar-refractivity contribution is 5.79. The third kappa shape index (κ3) is 6.02. The van der Waals surface area contributed by atoms with Crippen LogP contribution < -0.4 is 10.6 Å². The third-order valence-electron chi connectivity index (χ3n) is 3.14. The number of piperazine rings is 1. The van der Waals surface area contributed by atoms with E-state index in [9.17, 15) is 9.59 Å². The summed E-state index contributed by atoms with van der Waals surface area (Å²) in [7, 11) is 1.64. The summed E-state index contributed by atoms with van der Waals surface area (Å²) >= 11 is 0. The molecule has 2 amide bonds. The van der Waals surface area contributed by atoms with Crippen molar-refractivity contribution in [3.8, 4) is 0 Å². The van der Waals surface area contributed by atoms with E-state index in [0.717, 1.165) is 13.1 Å². The Morgan fingerprint density at radius 3 is 2.16 bits per heavy atom. The minimum absolute atomic E-state index is 0.0224. The lowest BCUT2D eigenvalue weighted by atomic mass is 10.1. The zero-order valence-corrected chi connectivity index (χ0v) is 12.5. The predicted molar refractivity (Wildman–Crippen MR) is 74.8 cm³/mol. The molecule has 0 atom stereocenters. The molecule has 0 aromatic rings. The monoisotopic (exact) mass is 270 g/mol. The normalized spacial score (nSPS) is 17.4. The topological polar surface area (TPSA) is 64.7 Å². The Morgan fingerprint density at radius 1 is 1.11 bits per heavy atom. The Balaban J connectivity index is 2.29. The minimum Gasteiger partial charge on any atom is -0.358 e. The number of rotatable bonds is 4. The van der Waals surface area contributed by atoms with Crippen LogP contribution >= 0.6 is 0 Å². The summed E-state index contributed by atoms with van der Waals surface area (Å²) in [5, 5.41) is 5.81. The SMILES string of the molecule is CNC(=O)CN1CCN(C(=O)CNC(C)(C)C)CC1. The molecule has 0 radical (unpaired) electrons. The van der Waals surface area contributed by atoms with Crippen LogP contribution in [0.25, 0.3) is 0 Å². The first-order chi connectivity index (χ1) is 8.81. The molecule has 19 heavy (non-hydrogen) atoms. The van der Waals surface area contributed by atoms with E-state index in [1.54, 1.807) is 7.05 Å². The molecular formula is C13H26N4O2. The molecule has 0 unspecified atom stereocenters. The van der Waals surface area contributed by atoms with Crippen LogP contribution in [-0.2, 0) is 9.59 Å². The van der Waals surface area contributed by atoms with Crippen molar-refractivity contribution in [3.05, 3.63) is 0 Å². The van der Waals surface area contributed by atoms with Gasteiger partial charge >= 0.3 is 0 Å². The van der Waals surface area contributed by atoms with Crippen LogP contribution in [-0.4, -0.2) is 73.5 Å². The summed E-state index contributed by atoms with van der Waals surface area (Å²) in [6, 6.07) is 0. The molecule has 1 rings (SSSR count). The maximum atomic E-state index is 12.0. The number of nitrogens with one attached hydrogen (secondary N) is 2. The van der Waals surface area contributed by atoms with Gasteiger partial charge in [0.05, 0.1) is 13.1 Å². The fraction of sp³-hybridized carbons (Fsp3) is 0.846. The number of likely N-dealkylation sites (N-methyl/N-ethyl adjacent to an activating group) is 1. The largest absolute Gasteiger partial charge is 0.358 e. The van der Waals surface area contributed by atoms with Crippen LogP contribution in [0.15, 0.2) is 0 Å². The van der Waals surface area contributed by atoms with Crippen molar-refractivity contribution in [3.63, 3.8) is 0 Å². The highest BCUT2D eigenvalue weighted by Gasteiger charge is 2.22. The Kier molecular flexibility index (Phi) is 5.75. The summed E-state index contributed by atoms with van der Waals surface area (Å²) in [5.41, 5.74) is -0.0449. The summed E-state index contributed by atoms with van der Waals surface area (Å²) in [6.45, 7) is 9.83. The van der Waals surface area contributed by atoms with Gasteiger partial charge in [-0.1, -0.05) is 0 Å². The van der Waals surface area contributed by atoms with Gasteiger partial charge in [-0.15, -0.1) is 0 Å². The highest BCUT2D eigenvalue weighted by atomic mass is 16.2. The van der Waals surface area contributed by atoms with E-state index >= 15 is 0 Å². The predicted octanol–water partition coefficient (Wildman–Crippen LogP) is -0.735. The number of carbonyl (C=O) groups excluding carboxylic acids is 2. The molecule has 0 aliphatic carbocycles. The van der Waals surface area contributed by atoms with Crippen molar-refractivity contribution in [2.45, 2.75) is 26.3 Å². The molecule has 1 aliphatic rings. The molecule has 0 saturated carbocycles. The molecule has 1 heterocycles. The lowest BCUT2D eigenvalue weighted by molar-refractivity contribution is -0.132. The van der Waals surface area contributed by atoms with E-state index in [1.165, 1.54) is 0 Å². The number of hydrogen-bond donors (Lipinski definition) is 2. The van der Waals surface area contributed by atoms with E-state index in [1.807, 2.05) is 25.7 Å². The Labute approximate surface area is 115 Å². The maximum absolute atomic E-state index is 12.0. The summed E-state index contributed by atoms with van der Waals surface area (Å²) < 4.78 is 0. The molecule has 6 heteroatoms. The van der Waals surface area contributed by atoms with Crippen molar-refractivity contribution < 1.29 is 9.59 Å². The van der Waals surface area contributed by atoms with Crippen molar-refractivity contribution in [1.29, 1.82) is 0 Å². The molecule has 1 aliphatic heterocycles. The van der Waals surface area contributed by atoms with Gasteiger partial charge in [-0.3, -0.25) is 14.5 Å². The smallest absolute Gasteiger partial charge is 0.236 e. The van der Waals surface area contributed by atoms with Gasteiger partial charge in [0.15, 0.2) is 0 Å². The molecule has 2 N–H and O–H groups in total. The van der Waals surface area contributed by atoms with E-state index in [-0.39, 0.29) is 17.4 Å².